The molecule has 1 heterocycles. The SMILES string of the molecule is CCC1(C(O)CC=C[C@@H]2[C@@H](CCCc3ccc(C(=O)O)s3)[C@H](C#N)C[C@H]2O)CCC1. The molecule has 2 fully saturated rings. The highest BCUT2D eigenvalue weighted by Crippen LogP contribution is 2.48. The van der Waals surface area contributed by atoms with Crippen LogP contribution in [0.15, 0.2) is 24.3 Å². The molecular weight excluding hydrogens is 398 g/mol. The first-order valence-electron chi connectivity index (χ1n) is 11.1. The first-order chi connectivity index (χ1) is 14.4. The summed E-state index contributed by atoms with van der Waals surface area (Å²) >= 11 is 1.30. The van der Waals surface area contributed by atoms with Crippen LogP contribution < -0.4 is 0 Å². The Kier molecular flexibility index (Phi) is 7.73. The minimum atomic E-state index is -0.895. The topological polar surface area (TPSA) is 102 Å². The van der Waals surface area contributed by atoms with E-state index < -0.39 is 12.1 Å². The number of carboxylic acid groups (broad SMARTS) is 1. The number of thiophene rings is 1. The highest BCUT2D eigenvalue weighted by Gasteiger charge is 2.42. The maximum absolute atomic E-state index is 11.0. The number of aromatic carboxylic acids is 1. The Labute approximate surface area is 183 Å². The van der Waals surface area contributed by atoms with Crippen LogP contribution in [0.2, 0.25) is 0 Å². The van der Waals surface area contributed by atoms with Crippen molar-refractivity contribution < 1.29 is 20.1 Å². The van der Waals surface area contributed by atoms with Crippen molar-refractivity contribution in [2.75, 3.05) is 0 Å². The molecule has 0 saturated heterocycles. The number of nitriles is 1. The van der Waals surface area contributed by atoms with Crippen molar-refractivity contribution >= 4 is 17.3 Å². The van der Waals surface area contributed by atoms with E-state index in [1.807, 2.05) is 18.2 Å². The Hall–Kier alpha value is -1.68. The normalized spacial score (nSPS) is 28.9. The van der Waals surface area contributed by atoms with Crippen LogP contribution in [0.5, 0.6) is 0 Å². The predicted octanol–water partition coefficient (Wildman–Crippen LogP) is 4.79. The van der Waals surface area contributed by atoms with Gasteiger partial charge >= 0.3 is 5.97 Å². The van der Waals surface area contributed by atoms with Gasteiger partial charge in [0.25, 0.3) is 0 Å². The van der Waals surface area contributed by atoms with Crippen molar-refractivity contribution in [3.63, 3.8) is 0 Å². The van der Waals surface area contributed by atoms with Crippen molar-refractivity contribution in [1.82, 2.24) is 0 Å². The largest absolute Gasteiger partial charge is 0.477 e. The number of carboxylic acids is 1. The van der Waals surface area contributed by atoms with Gasteiger partial charge in [0.1, 0.15) is 4.88 Å². The molecule has 3 rings (SSSR count). The zero-order valence-electron chi connectivity index (χ0n) is 17.7. The predicted molar refractivity (Wildman–Crippen MR) is 117 cm³/mol. The summed E-state index contributed by atoms with van der Waals surface area (Å²) in [5.41, 5.74) is 0.0722. The summed E-state index contributed by atoms with van der Waals surface area (Å²) in [5, 5.41) is 39.8. The summed E-state index contributed by atoms with van der Waals surface area (Å²) in [5.74, 6) is -1.01. The molecule has 1 aromatic heterocycles. The summed E-state index contributed by atoms with van der Waals surface area (Å²) in [7, 11) is 0. The molecule has 6 heteroatoms. The molecule has 164 valence electrons. The molecule has 2 aliphatic rings. The minimum Gasteiger partial charge on any atom is -0.477 e. The monoisotopic (exact) mass is 431 g/mol. The number of carbonyl (C=O) groups is 1. The van der Waals surface area contributed by atoms with Crippen LogP contribution in [-0.2, 0) is 6.42 Å². The molecule has 1 aromatic rings. The smallest absolute Gasteiger partial charge is 0.345 e. The lowest BCUT2D eigenvalue weighted by atomic mass is 9.63. The van der Waals surface area contributed by atoms with Crippen molar-refractivity contribution in [2.24, 2.45) is 23.2 Å². The lowest BCUT2D eigenvalue weighted by Gasteiger charge is -2.45. The van der Waals surface area contributed by atoms with Gasteiger partial charge in [-0.2, -0.15) is 5.26 Å². The molecule has 5 atom stereocenters. The summed E-state index contributed by atoms with van der Waals surface area (Å²) in [6.07, 6.45) is 11.2. The average molecular weight is 432 g/mol. The van der Waals surface area contributed by atoms with E-state index in [0.717, 1.165) is 43.4 Å². The van der Waals surface area contributed by atoms with Gasteiger partial charge in [0.15, 0.2) is 0 Å². The van der Waals surface area contributed by atoms with Gasteiger partial charge in [0.05, 0.1) is 24.2 Å². The van der Waals surface area contributed by atoms with Gasteiger partial charge in [-0.3, -0.25) is 0 Å². The van der Waals surface area contributed by atoms with E-state index in [-0.39, 0.29) is 29.3 Å². The number of aliphatic hydroxyl groups excluding tert-OH is 2. The number of aryl methyl sites for hydroxylation is 1. The van der Waals surface area contributed by atoms with E-state index in [9.17, 15) is 20.3 Å². The van der Waals surface area contributed by atoms with E-state index in [1.165, 1.54) is 17.8 Å². The summed E-state index contributed by atoms with van der Waals surface area (Å²) < 4.78 is 0. The number of hydrogen-bond donors (Lipinski definition) is 3. The number of hydrogen-bond acceptors (Lipinski definition) is 5. The molecule has 30 heavy (non-hydrogen) atoms. The second-order valence-electron chi connectivity index (χ2n) is 8.99. The van der Waals surface area contributed by atoms with Crippen molar-refractivity contribution in [3.05, 3.63) is 34.0 Å². The first kappa shape index (κ1) is 23.0. The fraction of sp³-hybridized carbons (Fsp3) is 0.667. The summed E-state index contributed by atoms with van der Waals surface area (Å²) in [6.45, 7) is 2.15. The minimum absolute atomic E-state index is 0.0567. The van der Waals surface area contributed by atoms with Crippen LogP contribution in [0.3, 0.4) is 0 Å². The molecule has 0 aliphatic heterocycles. The molecule has 0 bridgehead atoms. The Bertz CT molecular complexity index is 786. The zero-order valence-corrected chi connectivity index (χ0v) is 18.5. The standard InChI is InChI=1S/C24H33NO4S/c1-2-24(12-5-13-24)22(27)9-4-8-19-18(16(15-25)14-20(19)26)7-3-6-17-10-11-21(30-17)23(28)29/h4,8,10-11,16,18-20,22,26-27H,2-3,5-7,9,12-14H2,1H3,(H,28,29)/t16-,18-,19+,20+,22?/m0/s1. The highest BCUT2D eigenvalue weighted by molar-refractivity contribution is 7.13. The number of aliphatic hydroxyl groups is 2. The zero-order chi connectivity index (χ0) is 21.7. The van der Waals surface area contributed by atoms with Crippen LogP contribution in [-0.4, -0.2) is 33.5 Å². The van der Waals surface area contributed by atoms with Crippen LogP contribution in [0, 0.1) is 34.5 Å². The molecule has 2 aliphatic carbocycles. The number of nitrogens with zero attached hydrogens (tertiary/aromatic N) is 1. The van der Waals surface area contributed by atoms with Gasteiger partial charge in [-0.15, -0.1) is 11.3 Å². The summed E-state index contributed by atoms with van der Waals surface area (Å²) in [4.78, 5) is 12.4. The average Bonchev–Trinajstić information content (AvgIpc) is 3.27. The lowest BCUT2D eigenvalue weighted by Crippen LogP contribution is -2.40. The third-order valence-corrected chi connectivity index (χ3v) is 8.56. The maximum Gasteiger partial charge on any atom is 0.345 e. The third kappa shape index (κ3) is 4.96. The van der Waals surface area contributed by atoms with Crippen LogP contribution in [0.4, 0.5) is 0 Å². The van der Waals surface area contributed by atoms with E-state index in [2.05, 4.69) is 13.0 Å². The van der Waals surface area contributed by atoms with Crippen molar-refractivity contribution in [3.8, 4) is 6.07 Å². The molecule has 0 amide bonds. The van der Waals surface area contributed by atoms with E-state index >= 15 is 0 Å². The fourth-order valence-corrected chi connectivity index (χ4v) is 6.15. The van der Waals surface area contributed by atoms with Gasteiger partial charge in [-0.25, -0.2) is 4.79 Å². The van der Waals surface area contributed by atoms with Crippen molar-refractivity contribution in [2.45, 2.75) is 76.9 Å². The molecule has 5 nitrogen and oxygen atoms in total. The van der Waals surface area contributed by atoms with E-state index in [4.69, 9.17) is 5.11 Å². The Morgan fingerprint density at radius 3 is 2.77 bits per heavy atom. The quantitative estimate of drug-likeness (QED) is 0.462. The van der Waals surface area contributed by atoms with Gasteiger partial charge in [-0.1, -0.05) is 25.5 Å². The van der Waals surface area contributed by atoms with Crippen molar-refractivity contribution in [1.29, 1.82) is 5.26 Å². The van der Waals surface area contributed by atoms with E-state index in [1.54, 1.807) is 6.07 Å². The van der Waals surface area contributed by atoms with Gasteiger partial charge in [0.2, 0.25) is 0 Å². The molecule has 0 radical (unpaired) electrons. The molecule has 3 N–H and O–H groups in total. The Morgan fingerprint density at radius 1 is 1.43 bits per heavy atom. The fourth-order valence-electron chi connectivity index (χ4n) is 5.27. The molecular formula is C24H33NO4S. The molecule has 2 saturated carbocycles. The number of rotatable bonds is 10. The van der Waals surface area contributed by atoms with Gasteiger partial charge in [-0.05, 0) is 74.8 Å². The Morgan fingerprint density at radius 2 is 2.20 bits per heavy atom. The lowest BCUT2D eigenvalue weighted by molar-refractivity contribution is -0.0355. The molecule has 0 spiro atoms. The van der Waals surface area contributed by atoms with Crippen LogP contribution in [0.25, 0.3) is 0 Å². The summed E-state index contributed by atoms with van der Waals surface area (Å²) in [6, 6.07) is 5.88. The third-order valence-electron chi connectivity index (χ3n) is 7.43. The highest BCUT2D eigenvalue weighted by atomic mass is 32.1. The van der Waals surface area contributed by atoms with Crippen LogP contribution in [0.1, 0.15) is 72.8 Å². The van der Waals surface area contributed by atoms with Gasteiger partial charge in [0, 0.05) is 10.8 Å². The second kappa shape index (κ2) is 10.1. The second-order valence-corrected chi connectivity index (χ2v) is 10.2. The van der Waals surface area contributed by atoms with Crippen LogP contribution >= 0.6 is 11.3 Å². The van der Waals surface area contributed by atoms with Gasteiger partial charge < -0.3 is 15.3 Å². The Balaban J connectivity index is 1.56. The molecule has 1 unspecified atom stereocenters. The molecule has 0 aromatic carbocycles. The first-order valence-corrected chi connectivity index (χ1v) is 12.0. The van der Waals surface area contributed by atoms with E-state index in [0.29, 0.717) is 17.7 Å². The maximum atomic E-state index is 11.0.